The number of hydrogen-bond acceptors (Lipinski definition) is 3. The van der Waals surface area contributed by atoms with Crippen LogP contribution in [0.2, 0.25) is 0 Å². The molecule has 2 bridgehead atoms. The van der Waals surface area contributed by atoms with Gasteiger partial charge < -0.3 is 14.6 Å². The van der Waals surface area contributed by atoms with E-state index in [-0.39, 0.29) is 23.0 Å². The summed E-state index contributed by atoms with van der Waals surface area (Å²) in [7, 11) is 1.45. The predicted octanol–water partition coefficient (Wildman–Crippen LogP) is 1.46. The molecule has 2 atom stereocenters. The van der Waals surface area contributed by atoms with Gasteiger partial charge >= 0.3 is 12.1 Å². The van der Waals surface area contributed by atoms with Crippen molar-refractivity contribution in [3.8, 4) is 0 Å². The van der Waals surface area contributed by atoms with E-state index in [1.807, 2.05) is 30.3 Å². The molecule has 0 aliphatic heterocycles. The molecule has 0 amide bonds. The van der Waals surface area contributed by atoms with Crippen LogP contribution in [0.3, 0.4) is 0 Å². The van der Waals surface area contributed by atoms with Gasteiger partial charge in [0.2, 0.25) is 0 Å². The first-order valence-electron chi connectivity index (χ1n) is 8.17. The van der Waals surface area contributed by atoms with Crippen molar-refractivity contribution in [3.05, 3.63) is 35.9 Å². The van der Waals surface area contributed by atoms with Crippen LogP contribution in [-0.4, -0.2) is 29.8 Å². The number of nitrogens with one attached hydrogen (secondary N) is 1. The SMILES string of the molecule is COC(=O)C12CCCC([NH+]=C(O)OCc3ccccc3)(CC1)C2. The highest BCUT2D eigenvalue weighted by molar-refractivity contribution is 5.77. The zero-order chi connectivity index (χ0) is 16.3. The Kier molecular flexibility index (Phi) is 4.28. The number of ether oxygens (including phenoxy) is 2. The van der Waals surface area contributed by atoms with Gasteiger partial charge in [-0.25, -0.2) is 0 Å². The van der Waals surface area contributed by atoms with Gasteiger partial charge in [-0.3, -0.25) is 4.79 Å². The molecule has 0 radical (unpaired) electrons. The molecule has 23 heavy (non-hydrogen) atoms. The minimum Gasteiger partial charge on any atom is -0.469 e. The lowest BCUT2D eigenvalue weighted by Gasteiger charge is -2.31. The molecule has 124 valence electrons. The number of aliphatic hydroxyl groups is 1. The summed E-state index contributed by atoms with van der Waals surface area (Å²) >= 11 is 0. The lowest BCUT2D eigenvalue weighted by atomic mass is 9.73. The Morgan fingerprint density at radius 3 is 2.74 bits per heavy atom. The third kappa shape index (κ3) is 3.19. The number of methoxy groups -OCH3 is 1. The van der Waals surface area contributed by atoms with E-state index in [0.717, 1.165) is 37.7 Å². The van der Waals surface area contributed by atoms with Gasteiger partial charge in [0, 0.05) is 19.3 Å². The fourth-order valence-corrected chi connectivity index (χ4v) is 4.15. The Hall–Kier alpha value is -2.04. The Morgan fingerprint density at radius 1 is 1.22 bits per heavy atom. The van der Waals surface area contributed by atoms with Crippen LogP contribution in [-0.2, 0) is 20.9 Å². The topological polar surface area (TPSA) is 69.7 Å². The third-order valence-electron chi connectivity index (χ3n) is 5.28. The van der Waals surface area contributed by atoms with Crippen molar-refractivity contribution in [2.24, 2.45) is 5.41 Å². The summed E-state index contributed by atoms with van der Waals surface area (Å²) in [5.41, 5.74) is 0.352. The molecule has 1 aromatic rings. The van der Waals surface area contributed by atoms with E-state index in [4.69, 9.17) is 9.47 Å². The normalized spacial score (nSPS) is 30.0. The van der Waals surface area contributed by atoms with Crippen molar-refractivity contribution in [1.82, 2.24) is 0 Å². The van der Waals surface area contributed by atoms with Crippen molar-refractivity contribution in [2.75, 3.05) is 7.11 Å². The maximum Gasteiger partial charge on any atom is 0.545 e. The van der Waals surface area contributed by atoms with E-state index < -0.39 is 0 Å². The molecule has 2 N–H and O–H groups in total. The van der Waals surface area contributed by atoms with Crippen LogP contribution in [0.4, 0.5) is 0 Å². The van der Waals surface area contributed by atoms with E-state index >= 15 is 0 Å². The molecule has 2 saturated carbocycles. The molecule has 5 nitrogen and oxygen atoms in total. The van der Waals surface area contributed by atoms with Gasteiger partial charge in [0.05, 0.1) is 12.5 Å². The number of carbonyl (C=O) groups excluding carboxylic acids is 1. The molecular formula is C18H24NO4+. The molecule has 0 saturated heterocycles. The highest BCUT2D eigenvalue weighted by Gasteiger charge is 2.59. The van der Waals surface area contributed by atoms with Gasteiger partial charge in [-0.2, -0.15) is 4.99 Å². The fraction of sp³-hybridized carbons (Fsp3) is 0.556. The molecule has 2 fully saturated rings. The Balaban J connectivity index is 1.67. The Bertz CT molecular complexity index is 600. The highest BCUT2D eigenvalue weighted by Crippen LogP contribution is 2.52. The average molecular weight is 318 g/mol. The standard InChI is InChI=1S/C18H23NO4/c1-22-15(20)17-8-5-9-18(13-17,11-10-17)19-16(21)23-12-14-6-3-2-4-7-14/h2-4,6-7H,5,8-13H2,1H3,(H,19,21)/p+1. The van der Waals surface area contributed by atoms with Crippen LogP contribution >= 0.6 is 0 Å². The summed E-state index contributed by atoms with van der Waals surface area (Å²) in [6.45, 7) is 0.317. The molecular weight excluding hydrogens is 294 g/mol. The van der Waals surface area contributed by atoms with Crippen molar-refractivity contribution in [3.63, 3.8) is 0 Å². The second-order valence-electron chi connectivity index (χ2n) is 6.79. The lowest BCUT2D eigenvalue weighted by molar-refractivity contribution is -0.573. The number of esters is 1. The average Bonchev–Trinajstić information content (AvgIpc) is 2.84. The maximum absolute atomic E-state index is 12.1. The fourth-order valence-electron chi connectivity index (χ4n) is 4.15. The van der Waals surface area contributed by atoms with Crippen LogP contribution in [0.5, 0.6) is 0 Å². The summed E-state index contributed by atoms with van der Waals surface area (Å²) in [6, 6.07) is 9.71. The second kappa shape index (κ2) is 6.22. The summed E-state index contributed by atoms with van der Waals surface area (Å²) in [4.78, 5) is 15.3. The zero-order valence-electron chi connectivity index (χ0n) is 13.5. The monoisotopic (exact) mass is 318 g/mol. The molecule has 3 rings (SSSR count). The van der Waals surface area contributed by atoms with E-state index in [0.29, 0.717) is 13.0 Å². The quantitative estimate of drug-likeness (QED) is 0.501. The number of hydrogen-bond donors (Lipinski definition) is 2. The van der Waals surface area contributed by atoms with Crippen molar-refractivity contribution < 1.29 is 24.4 Å². The smallest absolute Gasteiger partial charge is 0.469 e. The Labute approximate surface area is 136 Å². The first-order chi connectivity index (χ1) is 11.1. The molecule has 2 aliphatic carbocycles. The maximum atomic E-state index is 12.1. The first kappa shape index (κ1) is 15.8. The third-order valence-corrected chi connectivity index (χ3v) is 5.28. The molecule has 2 aliphatic rings. The molecule has 0 spiro atoms. The van der Waals surface area contributed by atoms with Crippen molar-refractivity contribution >= 4 is 12.1 Å². The number of benzene rings is 1. The first-order valence-corrected chi connectivity index (χ1v) is 8.17. The van der Waals surface area contributed by atoms with E-state index in [9.17, 15) is 9.90 Å². The lowest BCUT2D eigenvalue weighted by Crippen LogP contribution is -2.88. The summed E-state index contributed by atoms with van der Waals surface area (Å²) in [5.74, 6) is -0.120. The van der Waals surface area contributed by atoms with Crippen LogP contribution in [0.15, 0.2) is 30.3 Å². The molecule has 0 heterocycles. The van der Waals surface area contributed by atoms with Crippen LogP contribution in [0, 0.1) is 5.41 Å². The van der Waals surface area contributed by atoms with E-state index in [1.165, 1.54) is 7.11 Å². The van der Waals surface area contributed by atoms with Gasteiger partial charge in [0.1, 0.15) is 6.61 Å². The highest BCUT2D eigenvalue weighted by atomic mass is 16.6. The van der Waals surface area contributed by atoms with Gasteiger partial charge in [-0.15, -0.1) is 0 Å². The molecule has 1 aromatic carbocycles. The van der Waals surface area contributed by atoms with Crippen LogP contribution in [0.1, 0.15) is 44.1 Å². The number of aliphatic hydroxyl groups excluding tert-OH is 1. The summed E-state index contributed by atoms with van der Waals surface area (Å²) < 4.78 is 10.4. The largest absolute Gasteiger partial charge is 0.545 e. The molecule has 2 unspecified atom stereocenters. The number of fused-ring (bicyclic) bond motifs is 2. The van der Waals surface area contributed by atoms with Crippen molar-refractivity contribution in [2.45, 2.75) is 50.7 Å². The van der Waals surface area contributed by atoms with Gasteiger partial charge in [-0.1, -0.05) is 30.3 Å². The zero-order valence-corrected chi connectivity index (χ0v) is 13.5. The molecule has 0 aromatic heterocycles. The minimum atomic E-state index is -0.389. The molecule has 5 heteroatoms. The Morgan fingerprint density at radius 2 is 2.00 bits per heavy atom. The van der Waals surface area contributed by atoms with E-state index in [2.05, 4.69) is 4.99 Å². The van der Waals surface area contributed by atoms with Gasteiger partial charge in [0.15, 0.2) is 5.54 Å². The van der Waals surface area contributed by atoms with E-state index in [1.54, 1.807) is 0 Å². The van der Waals surface area contributed by atoms with Gasteiger partial charge in [-0.05, 0) is 24.8 Å². The minimum absolute atomic E-state index is 0.120. The van der Waals surface area contributed by atoms with Crippen LogP contribution < -0.4 is 4.99 Å². The summed E-state index contributed by atoms with van der Waals surface area (Å²) in [5, 5.41) is 10.1. The van der Waals surface area contributed by atoms with Gasteiger partial charge in [0.25, 0.3) is 0 Å². The van der Waals surface area contributed by atoms with Crippen LogP contribution in [0.25, 0.3) is 0 Å². The number of rotatable bonds is 4. The van der Waals surface area contributed by atoms with Crippen molar-refractivity contribution in [1.29, 1.82) is 0 Å². The summed E-state index contributed by atoms with van der Waals surface area (Å²) in [6.07, 6.45) is 4.95. The predicted molar refractivity (Wildman–Crippen MR) is 84.7 cm³/mol. The number of carbonyl (C=O) groups is 1. The second-order valence-corrected chi connectivity index (χ2v) is 6.79.